The molecule has 1 unspecified atom stereocenters. The van der Waals surface area contributed by atoms with Crippen molar-refractivity contribution in [3.8, 4) is 0 Å². The van der Waals surface area contributed by atoms with Crippen LogP contribution in [-0.2, 0) is 6.42 Å². The highest BCUT2D eigenvalue weighted by atomic mass is 14.9. The number of nitrogens with one attached hydrogen (secondary N) is 1. The fourth-order valence-electron chi connectivity index (χ4n) is 3.13. The summed E-state index contributed by atoms with van der Waals surface area (Å²) in [5.41, 5.74) is 1.39. The van der Waals surface area contributed by atoms with Crippen LogP contribution in [0.25, 0.3) is 0 Å². The molecule has 0 spiro atoms. The molecule has 1 aromatic rings. The van der Waals surface area contributed by atoms with Crippen molar-refractivity contribution in [2.45, 2.75) is 57.9 Å². The van der Waals surface area contributed by atoms with Crippen molar-refractivity contribution >= 4 is 0 Å². The van der Waals surface area contributed by atoms with E-state index in [1.54, 1.807) is 0 Å². The second kappa shape index (κ2) is 7.52. The summed E-state index contributed by atoms with van der Waals surface area (Å²) in [6, 6.07) is 4.96. The van der Waals surface area contributed by atoms with Crippen LogP contribution in [0.3, 0.4) is 0 Å². The Morgan fingerprint density at radius 2 is 1.94 bits per heavy atom. The Hall–Kier alpha value is -0.890. The molecule has 0 aliphatic heterocycles. The summed E-state index contributed by atoms with van der Waals surface area (Å²) in [6.07, 6.45) is 13.3. The topological polar surface area (TPSA) is 24.9 Å². The van der Waals surface area contributed by atoms with Gasteiger partial charge in [0.2, 0.25) is 0 Å². The fourth-order valence-corrected chi connectivity index (χ4v) is 3.13. The van der Waals surface area contributed by atoms with Crippen molar-refractivity contribution in [2.24, 2.45) is 5.92 Å². The molecule has 1 saturated carbocycles. The first-order chi connectivity index (χ1) is 8.90. The van der Waals surface area contributed by atoms with Gasteiger partial charge >= 0.3 is 0 Å². The molecule has 0 radical (unpaired) electrons. The average molecular weight is 246 g/mol. The minimum Gasteiger partial charge on any atom is -0.313 e. The molecule has 0 saturated heterocycles. The second-order valence-corrected chi connectivity index (χ2v) is 5.47. The van der Waals surface area contributed by atoms with Crippen LogP contribution in [0.5, 0.6) is 0 Å². The zero-order valence-electron chi connectivity index (χ0n) is 11.6. The van der Waals surface area contributed by atoms with E-state index in [0.29, 0.717) is 0 Å². The first kappa shape index (κ1) is 13.5. The van der Waals surface area contributed by atoms with Crippen LogP contribution in [0.2, 0.25) is 0 Å². The maximum Gasteiger partial charge on any atom is 0.0270 e. The maximum atomic E-state index is 4.06. The van der Waals surface area contributed by atoms with Crippen molar-refractivity contribution in [2.75, 3.05) is 6.54 Å². The van der Waals surface area contributed by atoms with Crippen molar-refractivity contribution in [1.29, 1.82) is 0 Å². The Balaban J connectivity index is 1.73. The van der Waals surface area contributed by atoms with Crippen LogP contribution in [0.4, 0.5) is 0 Å². The van der Waals surface area contributed by atoms with Gasteiger partial charge < -0.3 is 5.32 Å². The molecule has 1 aliphatic rings. The van der Waals surface area contributed by atoms with Crippen LogP contribution in [0, 0.1) is 5.92 Å². The van der Waals surface area contributed by atoms with Crippen molar-refractivity contribution in [1.82, 2.24) is 10.3 Å². The zero-order valence-corrected chi connectivity index (χ0v) is 11.6. The largest absolute Gasteiger partial charge is 0.313 e. The predicted molar refractivity (Wildman–Crippen MR) is 76.6 cm³/mol. The molecule has 0 bridgehead atoms. The number of pyridine rings is 1. The lowest BCUT2D eigenvalue weighted by atomic mass is 9.83. The van der Waals surface area contributed by atoms with Gasteiger partial charge in [-0.25, -0.2) is 0 Å². The monoisotopic (exact) mass is 246 g/mol. The smallest absolute Gasteiger partial charge is 0.0270 e. The standard InChI is InChI=1S/C16H26N2/c1-2-16(15-6-4-3-5-7-15)18-13-10-14-8-11-17-12-9-14/h8-9,11-12,15-16,18H,2-7,10,13H2,1H3. The Kier molecular flexibility index (Phi) is 5.66. The molecule has 1 N–H and O–H groups in total. The van der Waals surface area contributed by atoms with Gasteiger partial charge in [0.15, 0.2) is 0 Å². The number of hydrogen-bond acceptors (Lipinski definition) is 2. The van der Waals surface area contributed by atoms with E-state index in [4.69, 9.17) is 0 Å². The Labute approximate surface area is 111 Å². The SMILES string of the molecule is CCC(NCCc1ccncc1)C1CCCCC1. The summed E-state index contributed by atoms with van der Waals surface area (Å²) in [6.45, 7) is 3.41. The first-order valence-corrected chi connectivity index (χ1v) is 7.52. The van der Waals surface area contributed by atoms with E-state index in [9.17, 15) is 0 Å². The van der Waals surface area contributed by atoms with Gasteiger partial charge in [0.25, 0.3) is 0 Å². The molecule has 1 fully saturated rings. The van der Waals surface area contributed by atoms with Crippen LogP contribution in [-0.4, -0.2) is 17.6 Å². The molecular formula is C16H26N2. The lowest BCUT2D eigenvalue weighted by molar-refractivity contribution is 0.264. The minimum atomic E-state index is 0.729. The summed E-state index contributed by atoms with van der Waals surface area (Å²) in [5, 5.41) is 3.77. The highest BCUT2D eigenvalue weighted by molar-refractivity contribution is 5.09. The molecule has 1 aliphatic carbocycles. The second-order valence-electron chi connectivity index (χ2n) is 5.47. The third-order valence-corrected chi connectivity index (χ3v) is 4.23. The molecule has 1 atom stereocenters. The van der Waals surface area contributed by atoms with Crippen LogP contribution in [0.1, 0.15) is 51.0 Å². The highest BCUT2D eigenvalue weighted by Gasteiger charge is 2.21. The summed E-state index contributed by atoms with van der Waals surface area (Å²) < 4.78 is 0. The average Bonchev–Trinajstić information content (AvgIpc) is 2.46. The Morgan fingerprint density at radius 1 is 1.22 bits per heavy atom. The number of rotatable bonds is 6. The van der Waals surface area contributed by atoms with E-state index in [1.165, 1.54) is 44.1 Å². The molecule has 1 heterocycles. The Morgan fingerprint density at radius 3 is 2.61 bits per heavy atom. The molecule has 18 heavy (non-hydrogen) atoms. The van der Waals surface area contributed by atoms with Gasteiger partial charge in [-0.1, -0.05) is 26.2 Å². The van der Waals surface area contributed by atoms with Gasteiger partial charge in [-0.3, -0.25) is 4.98 Å². The number of aromatic nitrogens is 1. The molecule has 100 valence electrons. The van der Waals surface area contributed by atoms with Gasteiger partial charge in [-0.05, 0) is 55.8 Å². The van der Waals surface area contributed by atoms with Gasteiger partial charge in [0, 0.05) is 18.4 Å². The van der Waals surface area contributed by atoms with Crippen molar-refractivity contribution in [3.05, 3.63) is 30.1 Å². The van der Waals surface area contributed by atoms with Crippen LogP contribution in [0.15, 0.2) is 24.5 Å². The van der Waals surface area contributed by atoms with Crippen LogP contribution >= 0.6 is 0 Å². The van der Waals surface area contributed by atoms with E-state index < -0.39 is 0 Å². The van der Waals surface area contributed by atoms with E-state index in [1.807, 2.05) is 12.4 Å². The molecule has 2 rings (SSSR count). The normalized spacial score (nSPS) is 18.7. The highest BCUT2D eigenvalue weighted by Crippen LogP contribution is 2.27. The molecular weight excluding hydrogens is 220 g/mol. The lowest BCUT2D eigenvalue weighted by Crippen LogP contribution is -2.37. The first-order valence-electron chi connectivity index (χ1n) is 7.52. The van der Waals surface area contributed by atoms with E-state index in [-0.39, 0.29) is 0 Å². The number of hydrogen-bond donors (Lipinski definition) is 1. The summed E-state index contributed by atoms with van der Waals surface area (Å²) in [4.78, 5) is 4.06. The quantitative estimate of drug-likeness (QED) is 0.830. The molecule has 1 aromatic heterocycles. The minimum absolute atomic E-state index is 0.729. The third-order valence-electron chi connectivity index (χ3n) is 4.23. The van der Waals surface area contributed by atoms with Gasteiger partial charge in [-0.2, -0.15) is 0 Å². The van der Waals surface area contributed by atoms with E-state index in [0.717, 1.165) is 24.9 Å². The Bertz CT molecular complexity index is 317. The lowest BCUT2D eigenvalue weighted by Gasteiger charge is -2.30. The van der Waals surface area contributed by atoms with Gasteiger partial charge in [0.1, 0.15) is 0 Å². The summed E-state index contributed by atoms with van der Waals surface area (Å²) in [7, 11) is 0. The summed E-state index contributed by atoms with van der Waals surface area (Å²) in [5.74, 6) is 0.918. The van der Waals surface area contributed by atoms with E-state index >= 15 is 0 Å². The molecule has 2 nitrogen and oxygen atoms in total. The van der Waals surface area contributed by atoms with Crippen molar-refractivity contribution < 1.29 is 0 Å². The number of nitrogens with zero attached hydrogens (tertiary/aromatic N) is 1. The van der Waals surface area contributed by atoms with Crippen molar-refractivity contribution in [3.63, 3.8) is 0 Å². The summed E-state index contributed by atoms with van der Waals surface area (Å²) >= 11 is 0. The zero-order chi connectivity index (χ0) is 12.6. The molecule has 0 aromatic carbocycles. The van der Waals surface area contributed by atoms with Gasteiger partial charge in [0.05, 0.1) is 0 Å². The van der Waals surface area contributed by atoms with Crippen LogP contribution < -0.4 is 5.32 Å². The molecule has 2 heteroatoms. The maximum absolute atomic E-state index is 4.06. The predicted octanol–water partition coefficient (Wildman–Crippen LogP) is 3.57. The van der Waals surface area contributed by atoms with E-state index in [2.05, 4.69) is 29.4 Å². The third kappa shape index (κ3) is 4.09. The fraction of sp³-hybridized carbons (Fsp3) is 0.688. The van der Waals surface area contributed by atoms with Gasteiger partial charge in [-0.15, -0.1) is 0 Å². The molecule has 0 amide bonds.